The minimum absolute atomic E-state index is 0.806. The van der Waals surface area contributed by atoms with E-state index >= 15 is 0 Å². The highest BCUT2D eigenvalue weighted by Gasteiger charge is 2.15. The van der Waals surface area contributed by atoms with Crippen molar-refractivity contribution >= 4 is 0 Å². The van der Waals surface area contributed by atoms with Gasteiger partial charge in [0.25, 0.3) is 0 Å². The Morgan fingerprint density at radius 2 is 1.95 bits per heavy atom. The quantitative estimate of drug-likeness (QED) is 0.892. The van der Waals surface area contributed by atoms with Crippen LogP contribution in [0.5, 0.6) is 5.75 Å². The van der Waals surface area contributed by atoms with Gasteiger partial charge >= 0.3 is 0 Å². The molecule has 0 atom stereocenters. The second kappa shape index (κ2) is 4.97. The first-order valence-corrected chi connectivity index (χ1v) is 6.49. The fourth-order valence-electron chi connectivity index (χ4n) is 2.38. The average Bonchev–Trinajstić information content (AvgIpc) is 2.47. The highest BCUT2D eigenvalue weighted by Crippen LogP contribution is 2.23. The van der Waals surface area contributed by atoms with Gasteiger partial charge in [-0.25, -0.2) is 9.97 Å². The maximum atomic E-state index is 5.17. The zero-order valence-electron chi connectivity index (χ0n) is 11.2. The second-order valence-corrected chi connectivity index (χ2v) is 4.71. The molecule has 4 nitrogen and oxygen atoms in total. The molecule has 0 bridgehead atoms. The molecule has 0 unspecified atom stereocenters. The van der Waals surface area contributed by atoms with Crippen molar-refractivity contribution in [3.05, 3.63) is 41.2 Å². The Hall–Kier alpha value is -1.94. The fourth-order valence-corrected chi connectivity index (χ4v) is 2.38. The molecule has 1 aromatic heterocycles. The van der Waals surface area contributed by atoms with Gasteiger partial charge in [0.05, 0.1) is 12.8 Å². The van der Waals surface area contributed by atoms with Gasteiger partial charge < -0.3 is 10.1 Å². The van der Waals surface area contributed by atoms with Crippen molar-refractivity contribution in [2.75, 3.05) is 13.7 Å². The molecule has 2 heterocycles. The smallest absolute Gasteiger partial charge is 0.159 e. The molecule has 0 saturated heterocycles. The SMILES string of the molecule is COc1ccc(-c2nc(C)c3c(n2)CCNC3)cc1. The summed E-state index contributed by atoms with van der Waals surface area (Å²) in [4.78, 5) is 9.33. The molecule has 4 heteroatoms. The van der Waals surface area contributed by atoms with E-state index in [4.69, 9.17) is 9.72 Å². The number of rotatable bonds is 2. The van der Waals surface area contributed by atoms with E-state index in [0.717, 1.165) is 42.3 Å². The number of hydrogen-bond acceptors (Lipinski definition) is 4. The summed E-state index contributed by atoms with van der Waals surface area (Å²) >= 11 is 0. The van der Waals surface area contributed by atoms with Crippen LogP contribution < -0.4 is 10.1 Å². The zero-order valence-corrected chi connectivity index (χ0v) is 11.2. The van der Waals surface area contributed by atoms with E-state index in [2.05, 4.69) is 17.2 Å². The van der Waals surface area contributed by atoms with E-state index in [0.29, 0.717) is 0 Å². The largest absolute Gasteiger partial charge is 0.497 e. The third-order valence-corrected chi connectivity index (χ3v) is 3.49. The van der Waals surface area contributed by atoms with Gasteiger partial charge in [0.2, 0.25) is 0 Å². The van der Waals surface area contributed by atoms with Crippen molar-refractivity contribution in [1.82, 2.24) is 15.3 Å². The highest BCUT2D eigenvalue weighted by molar-refractivity contribution is 5.57. The first kappa shape index (κ1) is 12.1. The number of nitrogens with one attached hydrogen (secondary N) is 1. The van der Waals surface area contributed by atoms with Crippen LogP contribution in [0.15, 0.2) is 24.3 Å². The molecule has 0 spiro atoms. The van der Waals surface area contributed by atoms with Crippen LogP contribution >= 0.6 is 0 Å². The summed E-state index contributed by atoms with van der Waals surface area (Å²) < 4.78 is 5.17. The van der Waals surface area contributed by atoms with Crippen LogP contribution in [0.2, 0.25) is 0 Å². The summed E-state index contributed by atoms with van der Waals surface area (Å²) in [5.41, 5.74) is 4.54. The van der Waals surface area contributed by atoms with Crippen LogP contribution in [0.3, 0.4) is 0 Å². The number of aromatic nitrogens is 2. The molecule has 98 valence electrons. The van der Waals surface area contributed by atoms with Gasteiger partial charge in [0.1, 0.15) is 5.75 Å². The monoisotopic (exact) mass is 255 g/mol. The number of aryl methyl sites for hydroxylation is 1. The number of hydrogen-bond donors (Lipinski definition) is 1. The fraction of sp³-hybridized carbons (Fsp3) is 0.333. The van der Waals surface area contributed by atoms with Gasteiger partial charge in [-0.05, 0) is 31.2 Å². The lowest BCUT2D eigenvalue weighted by atomic mass is 10.1. The Bertz CT molecular complexity index is 593. The van der Waals surface area contributed by atoms with Crippen molar-refractivity contribution in [3.8, 4) is 17.1 Å². The second-order valence-electron chi connectivity index (χ2n) is 4.71. The molecule has 0 radical (unpaired) electrons. The van der Waals surface area contributed by atoms with Crippen LogP contribution in [0.1, 0.15) is 17.0 Å². The van der Waals surface area contributed by atoms with E-state index in [9.17, 15) is 0 Å². The van der Waals surface area contributed by atoms with Crippen molar-refractivity contribution in [1.29, 1.82) is 0 Å². The maximum absolute atomic E-state index is 5.17. The van der Waals surface area contributed by atoms with Crippen LogP contribution in [0.4, 0.5) is 0 Å². The minimum Gasteiger partial charge on any atom is -0.497 e. The summed E-state index contributed by atoms with van der Waals surface area (Å²) in [5.74, 6) is 1.66. The number of benzene rings is 1. The van der Waals surface area contributed by atoms with Gasteiger partial charge in [-0.1, -0.05) is 0 Å². The predicted molar refractivity (Wildman–Crippen MR) is 74.2 cm³/mol. The Kier molecular flexibility index (Phi) is 3.17. The van der Waals surface area contributed by atoms with Crippen molar-refractivity contribution in [3.63, 3.8) is 0 Å². The number of ether oxygens (including phenoxy) is 1. The van der Waals surface area contributed by atoms with Crippen LogP contribution in [-0.2, 0) is 13.0 Å². The lowest BCUT2D eigenvalue weighted by Gasteiger charge is -2.18. The summed E-state index contributed by atoms with van der Waals surface area (Å²) in [6, 6.07) is 7.88. The molecule has 1 aromatic carbocycles. The van der Waals surface area contributed by atoms with E-state index in [1.54, 1.807) is 7.11 Å². The molecule has 1 aliphatic heterocycles. The van der Waals surface area contributed by atoms with Crippen molar-refractivity contribution in [2.24, 2.45) is 0 Å². The number of fused-ring (bicyclic) bond motifs is 1. The number of nitrogens with zero attached hydrogens (tertiary/aromatic N) is 2. The molecule has 19 heavy (non-hydrogen) atoms. The molecule has 1 aliphatic rings. The summed E-state index contributed by atoms with van der Waals surface area (Å²) in [6.45, 7) is 3.93. The molecule has 0 saturated carbocycles. The minimum atomic E-state index is 0.806. The Balaban J connectivity index is 2.02. The van der Waals surface area contributed by atoms with Gasteiger partial charge in [0.15, 0.2) is 5.82 Å². The summed E-state index contributed by atoms with van der Waals surface area (Å²) in [7, 11) is 1.67. The topological polar surface area (TPSA) is 47.0 Å². The summed E-state index contributed by atoms with van der Waals surface area (Å²) in [5, 5.41) is 3.36. The first-order chi connectivity index (χ1) is 9.28. The van der Waals surface area contributed by atoms with E-state index in [1.807, 2.05) is 24.3 Å². The normalized spacial score (nSPS) is 14.0. The third-order valence-electron chi connectivity index (χ3n) is 3.49. The van der Waals surface area contributed by atoms with Crippen LogP contribution in [-0.4, -0.2) is 23.6 Å². The van der Waals surface area contributed by atoms with Gasteiger partial charge in [-0.2, -0.15) is 0 Å². The molecule has 0 fully saturated rings. The van der Waals surface area contributed by atoms with Crippen LogP contribution in [0, 0.1) is 6.92 Å². The standard InChI is InChI=1S/C15H17N3O/c1-10-13-9-16-8-7-14(13)18-15(17-10)11-3-5-12(19-2)6-4-11/h3-6,16H,7-9H2,1-2H3. The average molecular weight is 255 g/mol. The molecule has 0 amide bonds. The van der Waals surface area contributed by atoms with E-state index in [-0.39, 0.29) is 0 Å². The Labute approximate surface area is 112 Å². The first-order valence-electron chi connectivity index (χ1n) is 6.49. The zero-order chi connectivity index (χ0) is 13.2. The predicted octanol–water partition coefficient (Wildman–Crippen LogP) is 2.11. The highest BCUT2D eigenvalue weighted by atomic mass is 16.5. The molecule has 2 aromatic rings. The lowest BCUT2D eigenvalue weighted by Crippen LogP contribution is -2.26. The Morgan fingerprint density at radius 3 is 2.68 bits per heavy atom. The molecule has 0 aliphatic carbocycles. The van der Waals surface area contributed by atoms with Crippen LogP contribution in [0.25, 0.3) is 11.4 Å². The third kappa shape index (κ3) is 2.31. The lowest BCUT2D eigenvalue weighted by molar-refractivity contribution is 0.415. The number of methoxy groups -OCH3 is 1. The van der Waals surface area contributed by atoms with Crippen molar-refractivity contribution in [2.45, 2.75) is 19.9 Å². The van der Waals surface area contributed by atoms with Crippen molar-refractivity contribution < 1.29 is 4.74 Å². The maximum Gasteiger partial charge on any atom is 0.159 e. The van der Waals surface area contributed by atoms with E-state index in [1.165, 1.54) is 11.3 Å². The molecular weight excluding hydrogens is 238 g/mol. The van der Waals surface area contributed by atoms with Gasteiger partial charge in [-0.3, -0.25) is 0 Å². The van der Waals surface area contributed by atoms with E-state index < -0.39 is 0 Å². The molecule has 3 rings (SSSR count). The molecular formula is C15H17N3O. The van der Waals surface area contributed by atoms with Gasteiger partial charge in [-0.15, -0.1) is 0 Å². The van der Waals surface area contributed by atoms with Gasteiger partial charge in [0, 0.05) is 36.3 Å². The Morgan fingerprint density at radius 1 is 1.16 bits per heavy atom. The molecule has 1 N–H and O–H groups in total. The summed E-state index contributed by atoms with van der Waals surface area (Å²) in [6.07, 6.45) is 0.974.